The zero-order chi connectivity index (χ0) is 16.6. The molecule has 6 heteroatoms. The Labute approximate surface area is 143 Å². The molecule has 0 aliphatic carbocycles. The molecular formula is C18H30O6. The number of epoxide rings is 4. The van der Waals surface area contributed by atoms with Crippen molar-refractivity contribution in [1.29, 1.82) is 0 Å². The van der Waals surface area contributed by atoms with Crippen LogP contribution >= 0.6 is 0 Å². The lowest BCUT2D eigenvalue weighted by Crippen LogP contribution is -2.39. The van der Waals surface area contributed by atoms with E-state index in [1.54, 1.807) is 0 Å². The minimum atomic E-state index is -0.742. The summed E-state index contributed by atoms with van der Waals surface area (Å²) in [4.78, 5) is 0. The van der Waals surface area contributed by atoms with E-state index in [0.717, 1.165) is 45.7 Å². The van der Waals surface area contributed by atoms with E-state index in [2.05, 4.69) is 6.92 Å². The molecule has 24 heavy (non-hydrogen) atoms. The predicted octanol–water partition coefficient (Wildman–Crippen LogP) is 1.43. The van der Waals surface area contributed by atoms with Gasteiger partial charge in [0.15, 0.2) is 0 Å². The highest BCUT2D eigenvalue weighted by molar-refractivity contribution is 4.94. The molecule has 0 aromatic carbocycles. The highest BCUT2D eigenvalue weighted by Crippen LogP contribution is 2.38. The van der Waals surface area contributed by atoms with Gasteiger partial charge in [-0.05, 0) is 12.8 Å². The van der Waals surface area contributed by atoms with E-state index in [9.17, 15) is 5.11 Å². The summed E-state index contributed by atoms with van der Waals surface area (Å²) in [6, 6.07) is 0. The normalized spacial score (nSPS) is 38.2. The Morgan fingerprint density at radius 2 is 1.25 bits per heavy atom. The fourth-order valence-corrected chi connectivity index (χ4v) is 3.76. The molecule has 6 nitrogen and oxygen atoms in total. The van der Waals surface area contributed by atoms with Crippen molar-refractivity contribution >= 4 is 0 Å². The smallest absolute Gasteiger partial charge is 0.0837 e. The SMILES string of the molecule is CCC(CC1CO1)(CC1CO1)OCCC(O)(CC1CO1)CC1CO1. The van der Waals surface area contributed by atoms with Gasteiger partial charge in [0.05, 0.1) is 68.7 Å². The molecule has 4 aliphatic rings. The van der Waals surface area contributed by atoms with Gasteiger partial charge in [-0.25, -0.2) is 0 Å². The van der Waals surface area contributed by atoms with Crippen LogP contribution in [0.1, 0.15) is 45.4 Å². The van der Waals surface area contributed by atoms with Crippen molar-refractivity contribution in [2.24, 2.45) is 0 Å². The first kappa shape index (κ1) is 17.2. The molecule has 4 unspecified atom stereocenters. The molecule has 0 saturated carbocycles. The molecule has 4 atom stereocenters. The lowest BCUT2D eigenvalue weighted by Gasteiger charge is -2.34. The molecule has 4 fully saturated rings. The molecular weight excluding hydrogens is 312 g/mol. The molecule has 4 heterocycles. The van der Waals surface area contributed by atoms with Crippen molar-refractivity contribution in [2.75, 3.05) is 33.0 Å². The van der Waals surface area contributed by atoms with E-state index in [0.29, 0.717) is 38.1 Å². The molecule has 4 aliphatic heterocycles. The van der Waals surface area contributed by atoms with Crippen molar-refractivity contribution in [2.45, 2.75) is 81.1 Å². The predicted molar refractivity (Wildman–Crippen MR) is 86.0 cm³/mol. The topological polar surface area (TPSA) is 79.6 Å². The Balaban J connectivity index is 1.31. The lowest BCUT2D eigenvalue weighted by atomic mass is 9.87. The summed E-state index contributed by atoms with van der Waals surface area (Å²) in [5, 5.41) is 11.0. The molecule has 0 aromatic rings. The van der Waals surface area contributed by atoms with Crippen molar-refractivity contribution in [3.63, 3.8) is 0 Å². The Morgan fingerprint density at radius 1 is 0.833 bits per heavy atom. The number of hydrogen-bond acceptors (Lipinski definition) is 6. The Hall–Kier alpha value is -0.240. The lowest BCUT2D eigenvalue weighted by molar-refractivity contribution is -0.0948. The highest BCUT2D eigenvalue weighted by atomic mass is 16.6. The highest BCUT2D eigenvalue weighted by Gasteiger charge is 2.44. The standard InChI is InChI=1S/C18H30O6/c1-2-18(7-15-11-22-15,8-16-12-23-16)24-4-3-17(19,5-13-9-20-13)6-14-10-21-14/h13-16,19H,2-12H2,1H3. The Kier molecular flexibility index (Phi) is 4.88. The summed E-state index contributed by atoms with van der Waals surface area (Å²) in [7, 11) is 0. The van der Waals surface area contributed by atoms with Crippen LogP contribution in [0, 0.1) is 0 Å². The van der Waals surface area contributed by atoms with Crippen molar-refractivity contribution < 1.29 is 28.8 Å². The first-order valence-electron chi connectivity index (χ1n) is 9.41. The van der Waals surface area contributed by atoms with Gasteiger partial charge in [0.1, 0.15) is 0 Å². The van der Waals surface area contributed by atoms with Crippen molar-refractivity contribution in [1.82, 2.24) is 0 Å². The van der Waals surface area contributed by atoms with Crippen LogP contribution in [0.3, 0.4) is 0 Å². The number of ether oxygens (including phenoxy) is 5. The maximum Gasteiger partial charge on any atom is 0.0837 e. The van der Waals surface area contributed by atoms with Gasteiger partial charge in [0.2, 0.25) is 0 Å². The van der Waals surface area contributed by atoms with Gasteiger partial charge in [-0.1, -0.05) is 6.92 Å². The van der Waals surface area contributed by atoms with E-state index in [-0.39, 0.29) is 17.8 Å². The van der Waals surface area contributed by atoms with E-state index < -0.39 is 5.60 Å². The molecule has 4 saturated heterocycles. The monoisotopic (exact) mass is 342 g/mol. The summed E-state index contributed by atoms with van der Waals surface area (Å²) >= 11 is 0. The molecule has 0 radical (unpaired) electrons. The zero-order valence-electron chi connectivity index (χ0n) is 14.6. The van der Waals surface area contributed by atoms with Crippen LogP contribution in [0.5, 0.6) is 0 Å². The van der Waals surface area contributed by atoms with E-state index >= 15 is 0 Å². The van der Waals surface area contributed by atoms with Crippen LogP contribution in [-0.4, -0.2) is 73.8 Å². The summed E-state index contributed by atoms with van der Waals surface area (Å²) < 4.78 is 27.9. The second kappa shape index (κ2) is 6.82. The third kappa shape index (κ3) is 5.13. The summed E-state index contributed by atoms with van der Waals surface area (Å²) in [6.45, 7) is 5.96. The van der Waals surface area contributed by atoms with Crippen LogP contribution in [0.25, 0.3) is 0 Å². The van der Waals surface area contributed by atoms with Crippen molar-refractivity contribution in [3.8, 4) is 0 Å². The van der Waals surface area contributed by atoms with Crippen LogP contribution < -0.4 is 0 Å². The molecule has 0 aromatic heterocycles. The van der Waals surface area contributed by atoms with Gasteiger partial charge in [-0.2, -0.15) is 0 Å². The second-order valence-electron chi connectivity index (χ2n) is 8.00. The minimum Gasteiger partial charge on any atom is -0.390 e. The van der Waals surface area contributed by atoms with Crippen LogP contribution in [0.2, 0.25) is 0 Å². The molecule has 138 valence electrons. The zero-order valence-corrected chi connectivity index (χ0v) is 14.6. The Morgan fingerprint density at radius 3 is 1.62 bits per heavy atom. The van der Waals surface area contributed by atoms with Gasteiger partial charge in [0.25, 0.3) is 0 Å². The summed E-state index contributed by atoms with van der Waals surface area (Å²) in [5.41, 5.74) is -0.927. The maximum atomic E-state index is 11.0. The third-order valence-electron chi connectivity index (χ3n) is 5.64. The van der Waals surface area contributed by atoms with E-state index in [4.69, 9.17) is 23.7 Å². The molecule has 4 rings (SSSR count). The molecule has 0 amide bonds. The minimum absolute atomic E-state index is 0.185. The molecule has 0 bridgehead atoms. The largest absolute Gasteiger partial charge is 0.390 e. The number of aliphatic hydroxyl groups is 1. The first-order chi connectivity index (χ1) is 11.6. The quantitative estimate of drug-likeness (QED) is 0.510. The van der Waals surface area contributed by atoms with Gasteiger partial charge in [-0.3, -0.25) is 0 Å². The van der Waals surface area contributed by atoms with Gasteiger partial charge in [0, 0.05) is 25.7 Å². The molecule has 0 spiro atoms. The van der Waals surface area contributed by atoms with Crippen LogP contribution in [0.4, 0.5) is 0 Å². The van der Waals surface area contributed by atoms with Gasteiger partial charge >= 0.3 is 0 Å². The molecule has 1 N–H and O–H groups in total. The van der Waals surface area contributed by atoms with Crippen molar-refractivity contribution in [3.05, 3.63) is 0 Å². The average Bonchev–Trinajstić information content (AvgIpc) is 3.35. The third-order valence-corrected chi connectivity index (χ3v) is 5.64. The van der Waals surface area contributed by atoms with Gasteiger partial charge in [-0.15, -0.1) is 0 Å². The Bertz CT molecular complexity index is 397. The van der Waals surface area contributed by atoms with Crippen LogP contribution in [0.15, 0.2) is 0 Å². The fourth-order valence-electron chi connectivity index (χ4n) is 3.76. The van der Waals surface area contributed by atoms with E-state index in [1.807, 2.05) is 0 Å². The number of rotatable bonds is 13. The maximum absolute atomic E-state index is 11.0. The summed E-state index contributed by atoms with van der Waals surface area (Å²) in [6.07, 6.45) is 5.91. The van der Waals surface area contributed by atoms with Gasteiger partial charge < -0.3 is 28.8 Å². The van der Waals surface area contributed by atoms with E-state index in [1.165, 1.54) is 0 Å². The average molecular weight is 342 g/mol. The fraction of sp³-hybridized carbons (Fsp3) is 1.00. The van der Waals surface area contributed by atoms with Crippen LogP contribution in [-0.2, 0) is 23.7 Å². The summed E-state index contributed by atoms with van der Waals surface area (Å²) in [5.74, 6) is 0. The number of hydrogen-bond donors (Lipinski definition) is 1. The second-order valence-corrected chi connectivity index (χ2v) is 8.00. The first-order valence-corrected chi connectivity index (χ1v) is 9.41.